The monoisotopic (exact) mass is 305 g/mol. The van der Waals surface area contributed by atoms with E-state index in [1.165, 1.54) is 24.3 Å². The molecular weight excluding hydrogens is 290 g/mol. The van der Waals surface area contributed by atoms with Crippen LogP contribution in [-0.2, 0) is 14.8 Å². The normalized spacial score (nSPS) is 12.6. The van der Waals surface area contributed by atoms with Gasteiger partial charge in [-0.15, -0.1) is 0 Å². The Balaban J connectivity index is 2.18. The summed E-state index contributed by atoms with van der Waals surface area (Å²) in [5, 5.41) is 9.40. The number of hydrogen-bond donors (Lipinski definition) is 2. The minimum Gasteiger partial charge on any atom is -0.508 e. The van der Waals surface area contributed by atoms with Gasteiger partial charge in [0.2, 0.25) is 5.91 Å². The SMILES string of the molecule is CC(C(=O)NS(=O)(=O)c1ccccc1)c1cccc(O)c1. The van der Waals surface area contributed by atoms with Crippen LogP contribution in [0.15, 0.2) is 59.5 Å². The van der Waals surface area contributed by atoms with Crippen molar-refractivity contribution in [1.82, 2.24) is 4.72 Å². The second kappa shape index (κ2) is 5.97. The van der Waals surface area contributed by atoms with Crippen LogP contribution in [0.2, 0.25) is 0 Å². The number of phenols is 1. The second-order valence-corrected chi connectivity index (χ2v) is 6.28. The molecule has 110 valence electrons. The molecule has 0 saturated heterocycles. The third kappa shape index (κ3) is 3.61. The molecule has 6 heteroatoms. The summed E-state index contributed by atoms with van der Waals surface area (Å²) in [5.41, 5.74) is 0.538. The van der Waals surface area contributed by atoms with Crippen molar-refractivity contribution in [3.05, 3.63) is 60.2 Å². The lowest BCUT2D eigenvalue weighted by Crippen LogP contribution is -2.33. The lowest BCUT2D eigenvalue weighted by Gasteiger charge is -2.13. The van der Waals surface area contributed by atoms with Gasteiger partial charge in [-0.1, -0.05) is 30.3 Å². The summed E-state index contributed by atoms with van der Waals surface area (Å²) in [6.07, 6.45) is 0. The number of sulfonamides is 1. The molecule has 0 aromatic heterocycles. The molecule has 2 aromatic rings. The Labute approximate surface area is 123 Å². The first-order valence-electron chi connectivity index (χ1n) is 6.31. The number of benzene rings is 2. The summed E-state index contributed by atoms with van der Waals surface area (Å²) in [4.78, 5) is 12.1. The fourth-order valence-corrected chi connectivity index (χ4v) is 2.90. The lowest BCUT2D eigenvalue weighted by molar-refractivity contribution is -0.120. The van der Waals surface area contributed by atoms with Crippen molar-refractivity contribution in [3.8, 4) is 5.75 Å². The van der Waals surface area contributed by atoms with E-state index in [0.717, 1.165) is 0 Å². The van der Waals surface area contributed by atoms with Crippen LogP contribution in [0.3, 0.4) is 0 Å². The Hall–Kier alpha value is -2.34. The highest BCUT2D eigenvalue weighted by Gasteiger charge is 2.22. The van der Waals surface area contributed by atoms with Gasteiger partial charge in [0.1, 0.15) is 5.75 Å². The van der Waals surface area contributed by atoms with Crippen molar-refractivity contribution in [2.75, 3.05) is 0 Å². The highest BCUT2D eigenvalue weighted by molar-refractivity contribution is 7.90. The maximum atomic E-state index is 12.1. The van der Waals surface area contributed by atoms with Gasteiger partial charge in [0.05, 0.1) is 10.8 Å². The molecule has 0 aliphatic rings. The van der Waals surface area contributed by atoms with Gasteiger partial charge in [0.15, 0.2) is 0 Å². The first-order chi connectivity index (χ1) is 9.90. The Bertz CT molecular complexity index is 741. The van der Waals surface area contributed by atoms with E-state index in [-0.39, 0.29) is 10.6 Å². The van der Waals surface area contributed by atoms with E-state index in [9.17, 15) is 18.3 Å². The molecule has 0 aliphatic heterocycles. The van der Waals surface area contributed by atoms with Crippen LogP contribution < -0.4 is 4.72 Å². The molecule has 2 rings (SSSR count). The molecule has 0 aliphatic carbocycles. The number of nitrogens with one attached hydrogen (secondary N) is 1. The number of phenolic OH excluding ortho intramolecular Hbond substituents is 1. The number of hydrogen-bond acceptors (Lipinski definition) is 4. The lowest BCUT2D eigenvalue weighted by atomic mass is 10.0. The zero-order valence-corrected chi connectivity index (χ0v) is 12.2. The van der Waals surface area contributed by atoms with Crippen LogP contribution in [0.4, 0.5) is 0 Å². The number of carbonyl (C=O) groups excluding carboxylic acids is 1. The zero-order chi connectivity index (χ0) is 15.5. The van der Waals surface area contributed by atoms with Crippen LogP contribution in [-0.4, -0.2) is 19.4 Å². The summed E-state index contributed by atoms with van der Waals surface area (Å²) >= 11 is 0. The zero-order valence-electron chi connectivity index (χ0n) is 11.4. The highest BCUT2D eigenvalue weighted by Crippen LogP contribution is 2.20. The topological polar surface area (TPSA) is 83.5 Å². The molecule has 1 unspecified atom stereocenters. The smallest absolute Gasteiger partial charge is 0.264 e. The largest absolute Gasteiger partial charge is 0.508 e. The molecule has 2 aromatic carbocycles. The maximum Gasteiger partial charge on any atom is 0.264 e. The van der Waals surface area contributed by atoms with Gasteiger partial charge >= 0.3 is 0 Å². The first-order valence-corrected chi connectivity index (χ1v) is 7.79. The van der Waals surface area contributed by atoms with Gasteiger partial charge in [-0.25, -0.2) is 13.1 Å². The van der Waals surface area contributed by atoms with Crippen LogP contribution in [0.25, 0.3) is 0 Å². The third-order valence-corrected chi connectivity index (χ3v) is 4.41. The molecule has 0 saturated carbocycles. The van der Waals surface area contributed by atoms with Crippen molar-refractivity contribution in [1.29, 1.82) is 0 Å². The van der Waals surface area contributed by atoms with Crippen molar-refractivity contribution in [3.63, 3.8) is 0 Å². The van der Waals surface area contributed by atoms with Crippen LogP contribution in [0.1, 0.15) is 18.4 Å². The fourth-order valence-electron chi connectivity index (χ4n) is 1.82. The van der Waals surface area contributed by atoms with Gasteiger partial charge in [-0.2, -0.15) is 0 Å². The first kappa shape index (κ1) is 15.1. The average Bonchev–Trinajstić information content (AvgIpc) is 2.47. The van der Waals surface area contributed by atoms with Crippen molar-refractivity contribution < 1.29 is 18.3 Å². The van der Waals surface area contributed by atoms with Gasteiger partial charge in [-0.3, -0.25) is 4.79 Å². The third-order valence-electron chi connectivity index (χ3n) is 3.05. The van der Waals surface area contributed by atoms with Gasteiger partial charge in [0.25, 0.3) is 10.0 Å². The van der Waals surface area contributed by atoms with Crippen molar-refractivity contribution >= 4 is 15.9 Å². The van der Waals surface area contributed by atoms with Gasteiger partial charge in [-0.05, 0) is 36.8 Å². The molecule has 5 nitrogen and oxygen atoms in total. The standard InChI is InChI=1S/C15H15NO4S/c1-11(12-6-5-7-13(17)10-12)15(18)16-21(19,20)14-8-3-2-4-9-14/h2-11,17H,1H3,(H,16,18). The van der Waals surface area contributed by atoms with E-state index < -0.39 is 21.8 Å². The summed E-state index contributed by atoms with van der Waals surface area (Å²) in [7, 11) is -3.88. The molecule has 0 radical (unpaired) electrons. The van der Waals surface area contributed by atoms with E-state index in [2.05, 4.69) is 0 Å². The van der Waals surface area contributed by atoms with Crippen molar-refractivity contribution in [2.45, 2.75) is 17.7 Å². The highest BCUT2D eigenvalue weighted by atomic mass is 32.2. The van der Waals surface area contributed by atoms with Crippen LogP contribution >= 0.6 is 0 Å². The summed E-state index contributed by atoms with van der Waals surface area (Å²) < 4.78 is 26.2. The van der Waals surface area contributed by atoms with Crippen molar-refractivity contribution in [2.24, 2.45) is 0 Å². The minimum absolute atomic E-state index is 0.0260. The number of rotatable bonds is 4. The molecule has 21 heavy (non-hydrogen) atoms. The van der Waals surface area contributed by atoms with E-state index in [4.69, 9.17) is 0 Å². The number of amides is 1. The Morgan fingerprint density at radius 1 is 1.10 bits per heavy atom. The summed E-state index contributed by atoms with van der Waals surface area (Å²) in [5.74, 6) is -1.32. The maximum absolute atomic E-state index is 12.1. The second-order valence-electron chi connectivity index (χ2n) is 4.60. The van der Waals surface area contributed by atoms with Gasteiger partial charge in [0, 0.05) is 0 Å². The molecular formula is C15H15NO4S. The molecule has 0 heterocycles. The summed E-state index contributed by atoms with van der Waals surface area (Å²) in [6, 6.07) is 13.8. The Morgan fingerprint density at radius 2 is 1.76 bits per heavy atom. The minimum atomic E-state index is -3.88. The molecule has 1 amide bonds. The summed E-state index contributed by atoms with van der Waals surface area (Å²) in [6.45, 7) is 1.57. The number of aromatic hydroxyl groups is 1. The predicted molar refractivity (Wildman–Crippen MR) is 78.3 cm³/mol. The quantitative estimate of drug-likeness (QED) is 0.905. The number of carbonyl (C=O) groups is 1. The molecule has 0 spiro atoms. The molecule has 2 N–H and O–H groups in total. The average molecular weight is 305 g/mol. The predicted octanol–water partition coefficient (Wildman–Crippen LogP) is 2.00. The van der Waals surface area contributed by atoms with E-state index in [1.54, 1.807) is 37.3 Å². The van der Waals surface area contributed by atoms with Gasteiger partial charge < -0.3 is 5.11 Å². The molecule has 1 atom stereocenters. The fraction of sp³-hybridized carbons (Fsp3) is 0.133. The Kier molecular flexibility index (Phi) is 4.28. The molecule has 0 bridgehead atoms. The van der Waals surface area contributed by atoms with Crippen LogP contribution in [0, 0.1) is 0 Å². The van der Waals surface area contributed by atoms with Crippen LogP contribution in [0.5, 0.6) is 5.75 Å². The van der Waals surface area contributed by atoms with E-state index in [0.29, 0.717) is 5.56 Å². The van der Waals surface area contributed by atoms with E-state index >= 15 is 0 Å². The van der Waals surface area contributed by atoms with E-state index in [1.807, 2.05) is 4.72 Å². The Morgan fingerprint density at radius 3 is 2.38 bits per heavy atom. The molecule has 0 fully saturated rings.